The highest BCUT2D eigenvalue weighted by atomic mass is 15.1. The van der Waals surface area contributed by atoms with Crippen LogP contribution in [0.3, 0.4) is 0 Å². The number of hydrogen-bond donors (Lipinski definition) is 0. The van der Waals surface area contributed by atoms with Gasteiger partial charge in [-0.05, 0) is 124 Å². The summed E-state index contributed by atoms with van der Waals surface area (Å²) in [7, 11) is 0. The van der Waals surface area contributed by atoms with Crippen LogP contribution in [0.5, 0.6) is 0 Å². The fraction of sp³-hybridized carbons (Fsp3) is 0.0417. The van der Waals surface area contributed by atoms with Crippen LogP contribution in [0.25, 0.3) is 55.0 Å². The zero-order valence-corrected chi connectivity index (χ0v) is 27.6. The van der Waals surface area contributed by atoms with E-state index < -0.39 is 0 Å². The highest BCUT2D eigenvalue weighted by molar-refractivity contribution is 6.14. The van der Waals surface area contributed by atoms with E-state index in [4.69, 9.17) is 0 Å². The molecule has 2 nitrogen and oxygen atoms in total. The minimum Gasteiger partial charge on any atom is -0.310 e. The lowest BCUT2D eigenvalue weighted by Gasteiger charge is -2.26. The molecule has 0 unspecified atom stereocenters. The average molecular weight is 639 g/mol. The van der Waals surface area contributed by atoms with Gasteiger partial charge in [0.2, 0.25) is 0 Å². The monoisotopic (exact) mass is 638 g/mol. The second-order valence-corrected chi connectivity index (χ2v) is 13.4. The predicted molar refractivity (Wildman–Crippen MR) is 212 cm³/mol. The summed E-state index contributed by atoms with van der Waals surface area (Å²) in [6, 6.07) is 59.8. The van der Waals surface area contributed by atoms with E-state index in [1.165, 1.54) is 66.0 Å². The lowest BCUT2D eigenvalue weighted by Crippen LogP contribution is -2.10. The third-order valence-electron chi connectivity index (χ3n) is 10.4. The van der Waals surface area contributed by atoms with E-state index in [1.54, 1.807) is 0 Å². The standard InChI is InChI=1S/C48H34N2/c1-3-10-33(11-4-1)34-18-22-42(23-19-34)49(43-24-20-35(21-25-43)40-28-36-14-9-15-37(36)29-40)44-26-27-47-46(32-44)45-30-38-12-7-8-13-39(38)31-48(45)50(47)41-16-5-2-6-17-41/h1-14,16-27,29-32H,15,28H2. The van der Waals surface area contributed by atoms with E-state index in [-0.39, 0.29) is 0 Å². The van der Waals surface area contributed by atoms with Crippen molar-refractivity contribution in [3.8, 4) is 16.8 Å². The van der Waals surface area contributed by atoms with Crippen LogP contribution in [-0.2, 0) is 0 Å². The van der Waals surface area contributed by atoms with E-state index in [0.29, 0.717) is 0 Å². The van der Waals surface area contributed by atoms with E-state index in [2.05, 4.69) is 191 Å². The largest absolute Gasteiger partial charge is 0.310 e. The summed E-state index contributed by atoms with van der Waals surface area (Å²) >= 11 is 0. The second-order valence-electron chi connectivity index (χ2n) is 13.4. The number of benzene rings is 7. The summed E-state index contributed by atoms with van der Waals surface area (Å²) in [4.78, 5) is 2.40. The molecule has 1 heterocycles. The van der Waals surface area contributed by atoms with Gasteiger partial charge < -0.3 is 9.47 Å². The molecule has 0 saturated carbocycles. The summed E-state index contributed by atoms with van der Waals surface area (Å²) < 4.78 is 2.41. The van der Waals surface area contributed by atoms with Crippen molar-refractivity contribution in [2.75, 3.05) is 4.90 Å². The number of fused-ring (bicyclic) bond motifs is 4. The Balaban J connectivity index is 1.14. The molecule has 0 amide bonds. The first-order valence-corrected chi connectivity index (χ1v) is 17.4. The summed E-state index contributed by atoms with van der Waals surface area (Å²) in [5.74, 6) is 0. The highest BCUT2D eigenvalue weighted by Gasteiger charge is 2.20. The Hall–Kier alpha value is -6.38. The molecule has 0 bridgehead atoms. The van der Waals surface area contributed by atoms with Gasteiger partial charge in [-0.2, -0.15) is 0 Å². The van der Waals surface area contributed by atoms with Gasteiger partial charge in [0.05, 0.1) is 11.0 Å². The molecule has 10 rings (SSSR count). The van der Waals surface area contributed by atoms with Crippen molar-refractivity contribution in [3.05, 3.63) is 199 Å². The smallest absolute Gasteiger partial charge is 0.0547 e. The van der Waals surface area contributed by atoms with Crippen molar-refractivity contribution in [2.45, 2.75) is 12.8 Å². The summed E-state index contributed by atoms with van der Waals surface area (Å²) in [5.41, 5.74) is 15.0. The number of para-hydroxylation sites is 1. The van der Waals surface area contributed by atoms with Crippen LogP contribution in [0.4, 0.5) is 17.1 Å². The topological polar surface area (TPSA) is 8.17 Å². The Morgan fingerprint density at radius 3 is 1.78 bits per heavy atom. The predicted octanol–water partition coefficient (Wildman–Crippen LogP) is 13.1. The maximum absolute atomic E-state index is 2.41. The third kappa shape index (κ3) is 4.80. The maximum atomic E-state index is 2.41. The van der Waals surface area contributed by atoms with E-state index in [9.17, 15) is 0 Å². The first kappa shape index (κ1) is 28.6. The van der Waals surface area contributed by atoms with E-state index in [0.717, 1.165) is 35.6 Å². The summed E-state index contributed by atoms with van der Waals surface area (Å²) in [6.45, 7) is 0. The van der Waals surface area contributed by atoms with Gasteiger partial charge in [0.1, 0.15) is 0 Å². The molecule has 7 aromatic carbocycles. The Bertz CT molecular complexity index is 2650. The van der Waals surface area contributed by atoms with E-state index in [1.807, 2.05) is 0 Å². The number of allylic oxidation sites excluding steroid dienone is 6. The number of aromatic nitrogens is 1. The Kier molecular flexibility index (Phi) is 6.67. The first-order valence-electron chi connectivity index (χ1n) is 17.4. The molecule has 0 aliphatic heterocycles. The Labute approximate surface area is 292 Å². The van der Waals surface area contributed by atoms with Crippen LogP contribution in [0, 0.1) is 0 Å². The maximum Gasteiger partial charge on any atom is 0.0547 e. The van der Waals surface area contributed by atoms with Gasteiger partial charge in [-0.3, -0.25) is 0 Å². The number of nitrogens with zero attached hydrogens (tertiary/aromatic N) is 2. The second kappa shape index (κ2) is 11.6. The summed E-state index contributed by atoms with van der Waals surface area (Å²) in [5, 5.41) is 4.98. The molecule has 0 atom stereocenters. The van der Waals surface area contributed by atoms with Crippen LogP contribution < -0.4 is 4.90 Å². The van der Waals surface area contributed by atoms with Crippen molar-refractivity contribution >= 4 is 55.2 Å². The molecule has 2 heteroatoms. The van der Waals surface area contributed by atoms with Crippen molar-refractivity contribution < 1.29 is 0 Å². The Morgan fingerprint density at radius 2 is 1.06 bits per heavy atom. The van der Waals surface area contributed by atoms with Crippen LogP contribution in [-0.4, -0.2) is 4.57 Å². The van der Waals surface area contributed by atoms with Crippen LogP contribution in [0.15, 0.2) is 193 Å². The van der Waals surface area contributed by atoms with Gasteiger partial charge in [-0.25, -0.2) is 0 Å². The number of hydrogen-bond acceptors (Lipinski definition) is 1. The molecule has 2 aliphatic carbocycles. The van der Waals surface area contributed by atoms with Gasteiger partial charge >= 0.3 is 0 Å². The van der Waals surface area contributed by atoms with Crippen molar-refractivity contribution in [1.29, 1.82) is 0 Å². The normalized spacial score (nSPS) is 13.8. The molecule has 0 saturated heterocycles. The highest BCUT2D eigenvalue weighted by Crippen LogP contribution is 2.43. The molecular weight excluding hydrogens is 605 g/mol. The molecule has 0 spiro atoms. The van der Waals surface area contributed by atoms with Gasteiger partial charge in [0, 0.05) is 33.5 Å². The van der Waals surface area contributed by atoms with Crippen molar-refractivity contribution in [1.82, 2.24) is 4.57 Å². The molecule has 2 aliphatic rings. The minimum absolute atomic E-state index is 1.02. The SMILES string of the molecule is C1=CC2=C(C=C(c3ccc(N(c4ccc(-c5ccccc5)cc4)c4ccc5c(c4)c4cc6ccccc6cc4n5-c4ccccc4)cc3)C2)C1. The number of anilines is 3. The fourth-order valence-electron chi connectivity index (χ4n) is 7.94. The fourth-order valence-corrected chi connectivity index (χ4v) is 7.94. The number of rotatable bonds is 6. The summed E-state index contributed by atoms with van der Waals surface area (Å²) in [6.07, 6.45) is 9.04. The molecule has 1 aromatic heterocycles. The molecule has 236 valence electrons. The third-order valence-corrected chi connectivity index (χ3v) is 10.4. The lowest BCUT2D eigenvalue weighted by molar-refractivity contribution is 1.18. The van der Waals surface area contributed by atoms with Gasteiger partial charge in [-0.15, -0.1) is 0 Å². The lowest BCUT2D eigenvalue weighted by atomic mass is 10.0. The zero-order chi connectivity index (χ0) is 33.0. The van der Waals surface area contributed by atoms with Crippen molar-refractivity contribution in [3.63, 3.8) is 0 Å². The molecule has 0 N–H and O–H groups in total. The zero-order valence-electron chi connectivity index (χ0n) is 27.6. The molecule has 50 heavy (non-hydrogen) atoms. The van der Waals surface area contributed by atoms with Crippen LogP contribution in [0.2, 0.25) is 0 Å². The average Bonchev–Trinajstić information content (AvgIpc) is 3.88. The Morgan fingerprint density at radius 1 is 0.460 bits per heavy atom. The molecular formula is C48H34N2. The van der Waals surface area contributed by atoms with Gasteiger partial charge in [0.15, 0.2) is 0 Å². The van der Waals surface area contributed by atoms with Gasteiger partial charge in [0.25, 0.3) is 0 Å². The molecule has 0 radical (unpaired) electrons. The van der Waals surface area contributed by atoms with Crippen LogP contribution >= 0.6 is 0 Å². The first-order chi connectivity index (χ1) is 24.8. The molecule has 0 fully saturated rings. The molecule has 8 aromatic rings. The quantitative estimate of drug-likeness (QED) is 0.176. The van der Waals surface area contributed by atoms with E-state index >= 15 is 0 Å². The van der Waals surface area contributed by atoms with Crippen LogP contribution in [0.1, 0.15) is 18.4 Å². The minimum atomic E-state index is 1.02. The van der Waals surface area contributed by atoms with Gasteiger partial charge in [-0.1, -0.05) is 115 Å². The van der Waals surface area contributed by atoms with Crippen molar-refractivity contribution in [2.24, 2.45) is 0 Å².